The van der Waals surface area contributed by atoms with E-state index in [1.165, 1.54) is 22.3 Å². The fraction of sp³-hybridized carbons (Fsp3) is 0.143. The van der Waals surface area contributed by atoms with Crippen LogP contribution in [-0.2, 0) is 6.54 Å². The van der Waals surface area contributed by atoms with E-state index in [2.05, 4.69) is 64.0 Å². The summed E-state index contributed by atoms with van der Waals surface area (Å²) in [4.78, 5) is 9.92. The van der Waals surface area contributed by atoms with Gasteiger partial charge in [-0.2, -0.15) is 0 Å². The SMILES string of the molecule is COc1ccc(CNc2ncnc3scc(-c4ccc(C)cc4)c23)cc1. The van der Waals surface area contributed by atoms with Crippen LogP contribution < -0.4 is 10.1 Å². The Hall–Kier alpha value is -2.92. The molecule has 0 amide bonds. The lowest BCUT2D eigenvalue weighted by atomic mass is 10.0. The zero-order valence-corrected chi connectivity index (χ0v) is 15.5. The number of aryl methyl sites for hydroxylation is 1. The van der Waals surface area contributed by atoms with E-state index in [1.54, 1.807) is 24.8 Å². The molecule has 2 aromatic carbocycles. The maximum atomic E-state index is 5.21. The van der Waals surface area contributed by atoms with E-state index < -0.39 is 0 Å². The highest BCUT2D eigenvalue weighted by molar-refractivity contribution is 7.17. The molecule has 0 radical (unpaired) electrons. The smallest absolute Gasteiger partial charge is 0.139 e. The van der Waals surface area contributed by atoms with E-state index in [4.69, 9.17) is 4.74 Å². The topological polar surface area (TPSA) is 47.0 Å². The van der Waals surface area contributed by atoms with Crippen molar-refractivity contribution in [2.75, 3.05) is 12.4 Å². The number of methoxy groups -OCH3 is 1. The molecule has 0 bridgehead atoms. The molecule has 4 nitrogen and oxygen atoms in total. The average molecular weight is 361 g/mol. The third-order valence-electron chi connectivity index (χ3n) is 4.35. The molecule has 0 aliphatic carbocycles. The fourth-order valence-corrected chi connectivity index (χ4v) is 3.80. The average Bonchev–Trinajstić information content (AvgIpc) is 3.12. The van der Waals surface area contributed by atoms with Crippen molar-refractivity contribution < 1.29 is 4.74 Å². The molecule has 0 atom stereocenters. The maximum absolute atomic E-state index is 5.21. The van der Waals surface area contributed by atoms with E-state index in [1.807, 2.05) is 12.1 Å². The van der Waals surface area contributed by atoms with E-state index in [0.29, 0.717) is 6.54 Å². The van der Waals surface area contributed by atoms with Crippen molar-refractivity contribution in [3.8, 4) is 16.9 Å². The van der Waals surface area contributed by atoms with Gasteiger partial charge in [0.15, 0.2) is 0 Å². The van der Waals surface area contributed by atoms with Gasteiger partial charge in [-0.15, -0.1) is 11.3 Å². The van der Waals surface area contributed by atoms with Crippen molar-refractivity contribution >= 4 is 27.4 Å². The molecule has 26 heavy (non-hydrogen) atoms. The number of nitrogens with one attached hydrogen (secondary N) is 1. The van der Waals surface area contributed by atoms with E-state index in [-0.39, 0.29) is 0 Å². The summed E-state index contributed by atoms with van der Waals surface area (Å²) in [5.41, 5.74) is 4.78. The van der Waals surface area contributed by atoms with Gasteiger partial charge in [0.2, 0.25) is 0 Å². The van der Waals surface area contributed by atoms with E-state index in [0.717, 1.165) is 21.8 Å². The molecular weight excluding hydrogens is 342 g/mol. The summed E-state index contributed by atoms with van der Waals surface area (Å²) in [5, 5.41) is 6.70. The number of fused-ring (bicyclic) bond motifs is 1. The second-order valence-electron chi connectivity index (χ2n) is 6.12. The van der Waals surface area contributed by atoms with Crippen LogP contribution in [0, 0.1) is 6.92 Å². The summed E-state index contributed by atoms with van der Waals surface area (Å²) in [6.45, 7) is 2.79. The van der Waals surface area contributed by atoms with Gasteiger partial charge in [0.1, 0.15) is 22.7 Å². The van der Waals surface area contributed by atoms with Crippen LogP contribution in [0.15, 0.2) is 60.2 Å². The van der Waals surface area contributed by atoms with Gasteiger partial charge in [-0.3, -0.25) is 0 Å². The van der Waals surface area contributed by atoms with Gasteiger partial charge in [-0.25, -0.2) is 9.97 Å². The second kappa shape index (κ2) is 7.14. The zero-order valence-electron chi connectivity index (χ0n) is 14.7. The van der Waals surface area contributed by atoms with E-state index in [9.17, 15) is 0 Å². The Balaban J connectivity index is 1.66. The first kappa shape index (κ1) is 16.5. The van der Waals surface area contributed by atoms with Crippen molar-refractivity contribution in [2.45, 2.75) is 13.5 Å². The summed E-state index contributed by atoms with van der Waals surface area (Å²) in [7, 11) is 1.67. The highest BCUT2D eigenvalue weighted by Gasteiger charge is 2.13. The predicted octanol–water partition coefficient (Wildman–Crippen LogP) is 5.29. The maximum Gasteiger partial charge on any atom is 0.139 e. The molecule has 2 heterocycles. The molecule has 0 fully saturated rings. The number of thiophene rings is 1. The molecule has 130 valence electrons. The van der Waals surface area contributed by atoms with Gasteiger partial charge in [0, 0.05) is 17.5 Å². The quantitative estimate of drug-likeness (QED) is 0.525. The highest BCUT2D eigenvalue weighted by Crippen LogP contribution is 2.36. The largest absolute Gasteiger partial charge is 0.497 e. The molecule has 0 aliphatic rings. The van der Waals surface area contributed by atoms with Crippen LogP contribution in [0.25, 0.3) is 21.3 Å². The summed E-state index contributed by atoms with van der Waals surface area (Å²) in [5.74, 6) is 1.72. The molecule has 2 aromatic heterocycles. The third-order valence-corrected chi connectivity index (χ3v) is 5.24. The van der Waals surface area contributed by atoms with Crippen LogP contribution in [0.1, 0.15) is 11.1 Å². The number of hydrogen-bond donors (Lipinski definition) is 1. The van der Waals surface area contributed by atoms with Gasteiger partial charge in [0.25, 0.3) is 0 Å². The van der Waals surface area contributed by atoms with Crippen molar-refractivity contribution in [2.24, 2.45) is 0 Å². The number of aromatic nitrogens is 2. The van der Waals surface area contributed by atoms with Crippen molar-refractivity contribution in [3.63, 3.8) is 0 Å². The van der Waals surface area contributed by atoms with Crippen LogP contribution in [0.2, 0.25) is 0 Å². The lowest BCUT2D eigenvalue weighted by molar-refractivity contribution is 0.414. The summed E-state index contributed by atoms with van der Waals surface area (Å²) in [6.07, 6.45) is 1.62. The fourth-order valence-electron chi connectivity index (χ4n) is 2.88. The Morgan fingerprint density at radius 3 is 2.50 bits per heavy atom. The van der Waals surface area contributed by atoms with Crippen LogP contribution in [0.4, 0.5) is 5.82 Å². The minimum atomic E-state index is 0.694. The summed E-state index contributed by atoms with van der Waals surface area (Å²) < 4.78 is 5.21. The van der Waals surface area contributed by atoms with Crippen LogP contribution >= 0.6 is 11.3 Å². The minimum Gasteiger partial charge on any atom is -0.497 e. The van der Waals surface area contributed by atoms with Gasteiger partial charge < -0.3 is 10.1 Å². The second-order valence-corrected chi connectivity index (χ2v) is 6.98. The number of ether oxygens (including phenoxy) is 1. The van der Waals surface area contributed by atoms with E-state index >= 15 is 0 Å². The number of benzene rings is 2. The van der Waals surface area contributed by atoms with Crippen LogP contribution in [0.3, 0.4) is 0 Å². The zero-order chi connectivity index (χ0) is 17.9. The Bertz CT molecular complexity index is 1020. The third kappa shape index (κ3) is 3.26. The summed E-state index contributed by atoms with van der Waals surface area (Å²) in [6, 6.07) is 16.6. The standard InChI is InChI=1S/C21H19N3OS/c1-14-3-7-16(8-4-14)18-12-26-21-19(18)20(23-13-24-21)22-11-15-5-9-17(25-2)10-6-15/h3-10,12-13H,11H2,1-2H3,(H,22,23,24). The normalized spacial score (nSPS) is 10.8. The molecule has 0 saturated heterocycles. The number of anilines is 1. The first-order valence-electron chi connectivity index (χ1n) is 8.40. The Kier molecular flexibility index (Phi) is 4.54. The number of nitrogens with zero attached hydrogens (tertiary/aromatic N) is 2. The van der Waals surface area contributed by atoms with Gasteiger partial charge in [-0.1, -0.05) is 42.0 Å². The number of rotatable bonds is 5. The summed E-state index contributed by atoms with van der Waals surface area (Å²) >= 11 is 1.65. The number of hydrogen-bond acceptors (Lipinski definition) is 5. The first-order valence-corrected chi connectivity index (χ1v) is 9.28. The molecule has 0 aliphatic heterocycles. The van der Waals surface area contributed by atoms with Crippen molar-refractivity contribution in [1.82, 2.24) is 9.97 Å². The van der Waals surface area contributed by atoms with Crippen molar-refractivity contribution in [1.29, 1.82) is 0 Å². The lowest BCUT2D eigenvalue weighted by Crippen LogP contribution is -2.02. The van der Waals surface area contributed by atoms with Gasteiger partial charge in [0.05, 0.1) is 12.5 Å². The molecule has 0 saturated carbocycles. The first-order chi connectivity index (χ1) is 12.7. The highest BCUT2D eigenvalue weighted by atomic mass is 32.1. The minimum absolute atomic E-state index is 0.694. The molecule has 1 N–H and O–H groups in total. The monoisotopic (exact) mass is 361 g/mol. The van der Waals surface area contributed by atoms with Gasteiger partial charge in [-0.05, 0) is 30.2 Å². The molecule has 0 spiro atoms. The lowest BCUT2D eigenvalue weighted by Gasteiger charge is -2.09. The molecule has 0 unspecified atom stereocenters. The Morgan fingerprint density at radius 1 is 1.00 bits per heavy atom. The Morgan fingerprint density at radius 2 is 1.77 bits per heavy atom. The van der Waals surface area contributed by atoms with Gasteiger partial charge >= 0.3 is 0 Å². The molecule has 4 rings (SSSR count). The van der Waals surface area contributed by atoms with Crippen molar-refractivity contribution in [3.05, 3.63) is 71.4 Å². The van der Waals surface area contributed by atoms with Crippen LogP contribution in [-0.4, -0.2) is 17.1 Å². The predicted molar refractivity (Wildman–Crippen MR) is 108 cm³/mol. The van der Waals surface area contributed by atoms with Crippen LogP contribution in [0.5, 0.6) is 5.75 Å². The molecule has 4 aromatic rings. The molecular formula is C21H19N3OS. The Labute approximate surface area is 156 Å². The molecule has 5 heteroatoms.